The van der Waals surface area contributed by atoms with Crippen molar-refractivity contribution in [3.8, 4) is 0 Å². The van der Waals surface area contributed by atoms with Gasteiger partial charge in [-0.25, -0.2) is 4.79 Å². The number of aryl methyl sites for hydroxylation is 2. The molecule has 0 aromatic carbocycles. The minimum absolute atomic E-state index is 0.00440. The summed E-state index contributed by atoms with van der Waals surface area (Å²) >= 11 is 3.02. The molecule has 3 rings (SSSR count). The lowest BCUT2D eigenvalue weighted by Crippen LogP contribution is -2.18. The number of esters is 1. The summed E-state index contributed by atoms with van der Waals surface area (Å²) in [6, 6.07) is 0. The molecule has 29 heavy (non-hydrogen) atoms. The summed E-state index contributed by atoms with van der Waals surface area (Å²) in [7, 11) is 1.20. The van der Waals surface area contributed by atoms with Gasteiger partial charge >= 0.3 is 12.1 Å². The fourth-order valence-electron chi connectivity index (χ4n) is 2.89. The highest BCUT2D eigenvalue weighted by Gasteiger charge is 2.41. The van der Waals surface area contributed by atoms with Gasteiger partial charge in [-0.05, 0) is 35.7 Å². The third kappa shape index (κ3) is 4.62. The molecule has 12 heteroatoms. The number of halogens is 4. The molecule has 1 amide bonds. The molecule has 8 nitrogen and oxygen atoms in total. The predicted octanol–water partition coefficient (Wildman–Crippen LogP) is 3.57. The zero-order valence-electron chi connectivity index (χ0n) is 15.7. The number of hydrogen-bond donors (Lipinski definition) is 1. The Bertz CT molecular complexity index is 934. The van der Waals surface area contributed by atoms with Crippen LogP contribution in [0.1, 0.15) is 54.0 Å². The number of nitrogens with one attached hydrogen (secondary N) is 1. The van der Waals surface area contributed by atoms with Crippen LogP contribution in [0.25, 0.3) is 0 Å². The van der Waals surface area contributed by atoms with Gasteiger partial charge in [0.05, 0.1) is 29.5 Å². The summed E-state index contributed by atoms with van der Waals surface area (Å²) in [5.41, 5.74) is -0.387. The van der Waals surface area contributed by atoms with E-state index in [1.165, 1.54) is 22.7 Å². The van der Waals surface area contributed by atoms with Crippen LogP contribution in [0.15, 0.2) is 10.7 Å². The maximum atomic E-state index is 13.2. The van der Waals surface area contributed by atoms with E-state index < -0.39 is 23.7 Å². The molecule has 0 atom stereocenters. The zero-order valence-corrected chi connectivity index (χ0v) is 17.3. The second-order valence-electron chi connectivity index (χ2n) is 6.58. The van der Waals surface area contributed by atoms with E-state index in [2.05, 4.69) is 36.2 Å². The molecule has 0 spiro atoms. The molecule has 0 saturated heterocycles. The summed E-state index contributed by atoms with van der Waals surface area (Å²) in [5, 5.41) is 10.3. The van der Waals surface area contributed by atoms with Gasteiger partial charge in [-0.2, -0.15) is 23.4 Å². The molecule has 0 aliphatic heterocycles. The number of nitrogens with zero attached hydrogens (tertiary/aromatic N) is 4. The molecule has 1 saturated carbocycles. The fraction of sp³-hybridized carbons (Fsp3) is 0.529. The van der Waals surface area contributed by atoms with Gasteiger partial charge in [0.25, 0.3) is 0 Å². The molecule has 1 aliphatic rings. The average molecular weight is 478 g/mol. The lowest BCUT2D eigenvalue weighted by Gasteiger charge is -2.08. The van der Waals surface area contributed by atoms with Crippen LogP contribution in [0, 0.1) is 0 Å². The van der Waals surface area contributed by atoms with Crippen molar-refractivity contribution in [2.24, 2.45) is 0 Å². The number of carbonyl (C=O) groups excluding carboxylic acids is 2. The number of ether oxygens (including phenoxy) is 1. The third-order valence-corrected chi connectivity index (χ3v) is 5.24. The Balaban J connectivity index is 1.74. The van der Waals surface area contributed by atoms with Crippen molar-refractivity contribution >= 4 is 33.5 Å². The number of amides is 1. The second-order valence-corrected chi connectivity index (χ2v) is 7.37. The molecule has 0 unspecified atom stereocenters. The SMILES string of the molecule is CCn1cc(NC(=O)CCn2nc(C(F)(F)F)c(Br)c2C2CC2)c(C(=O)OC)n1. The number of rotatable bonds is 7. The summed E-state index contributed by atoms with van der Waals surface area (Å²) in [5.74, 6) is -1.17. The molecule has 0 radical (unpaired) electrons. The number of aromatic nitrogens is 4. The number of hydrogen-bond acceptors (Lipinski definition) is 5. The zero-order chi connectivity index (χ0) is 21.3. The van der Waals surface area contributed by atoms with E-state index in [-0.39, 0.29) is 34.7 Å². The highest BCUT2D eigenvalue weighted by molar-refractivity contribution is 9.10. The van der Waals surface area contributed by atoms with E-state index >= 15 is 0 Å². The first kappa shape index (κ1) is 21.3. The molecule has 0 bridgehead atoms. The van der Waals surface area contributed by atoms with Gasteiger partial charge in [0.2, 0.25) is 5.91 Å². The highest BCUT2D eigenvalue weighted by atomic mass is 79.9. The van der Waals surface area contributed by atoms with Crippen molar-refractivity contribution in [3.63, 3.8) is 0 Å². The van der Waals surface area contributed by atoms with Crippen molar-refractivity contribution in [2.75, 3.05) is 12.4 Å². The van der Waals surface area contributed by atoms with Crippen LogP contribution in [-0.2, 0) is 28.8 Å². The van der Waals surface area contributed by atoms with Crippen molar-refractivity contribution in [2.45, 2.75) is 51.4 Å². The smallest absolute Gasteiger partial charge is 0.436 e. The standard InChI is InChI=1S/C17H19BrF3N5O3/c1-3-25-8-10(13(23-25)16(28)29-2)22-11(27)6-7-26-14(9-4-5-9)12(18)15(24-26)17(19,20)21/h8-9H,3-7H2,1-2H3,(H,22,27). The van der Waals surface area contributed by atoms with Crippen LogP contribution < -0.4 is 5.32 Å². The van der Waals surface area contributed by atoms with Gasteiger partial charge in [0.15, 0.2) is 11.4 Å². The maximum Gasteiger partial charge on any atom is 0.436 e. The largest absolute Gasteiger partial charge is 0.464 e. The van der Waals surface area contributed by atoms with Crippen LogP contribution in [0.2, 0.25) is 0 Å². The van der Waals surface area contributed by atoms with Crippen LogP contribution >= 0.6 is 15.9 Å². The number of alkyl halides is 3. The number of methoxy groups -OCH3 is 1. The lowest BCUT2D eigenvalue weighted by molar-refractivity contribution is -0.142. The van der Waals surface area contributed by atoms with Gasteiger partial charge in [0.1, 0.15) is 0 Å². The van der Waals surface area contributed by atoms with Gasteiger partial charge in [0, 0.05) is 25.1 Å². The first-order valence-electron chi connectivity index (χ1n) is 8.94. The number of anilines is 1. The molecule has 2 aromatic rings. The maximum absolute atomic E-state index is 13.2. The van der Waals surface area contributed by atoms with Crippen LogP contribution in [0.3, 0.4) is 0 Å². The van der Waals surface area contributed by atoms with Crippen LogP contribution in [0.5, 0.6) is 0 Å². The number of carbonyl (C=O) groups is 2. The van der Waals surface area contributed by atoms with Gasteiger partial charge in [-0.1, -0.05) is 0 Å². The Labute approximate surface area is 172 Å². The van der Waals surface area contributed by atoms with Gasteiger partial charge < -0.3 is 10.1 Å². The summed E-state index contributed by atoms with van der Waals surface area (Å²) in [4.78, 5) is 24.2. The van der Waals surface area contributed by atoms with Crippen molar-refractivity contribution in [1.29, 1.82) is 0 Å². The Morgan fingerprint density at radius 1 is 1.34 bits per heavy atom. The first-order chi connectivity index (χ1) is 13.7. The summed E-state index contributed by atoms with van der Waals surface area (Å²) in [6.07, 6.45) is -1.64. The van der Waals surface area contributed by atoms with Crippen molar-refractivity contribution in [3.05, 3.63) is 27.8 Å². The van der Waals surface area contributed by atoms with E-state index in [1.807, 2.05) is 6.92 Å². The Morgan fingerprint density at radius 2 is 2.03 bits per heavy atom. The highest BCUT2D eigenvalue weighted by Crippen LogP contribution is 2.47. The van der Waals surface area contributed by atoms with Crippen molar-refractivity contribution < 1.29 is 27.5 Å². The summed E-state index contributed by atoms with van der Waals surface area (Å²) in [6.45, 7) is 2.26. The molecule has 2 heterocycles. The Morgan fingerprint density at radius 3 is 2.59 bits per heavy atom. The second kappa shape index (κ2) is 8.17. The normalized spacial score (nSPS) is 14.1. The van der Waals surface area contributed by atoms with Crippen molar-refractivity contribution in [1.82, 2.24) is 19.6 Å². The van der Waals surface area contributed by atoms with E-state index in [1.54, 1.807) is 0 Å². The topological polar surface area (TPSA) is 91.0 Å². The van der Waals surface area contributed by atoms with Gasteiger partial charge in [-0.3, -0.25) is 14.2 Å². The van der Waals surface area contributed by atoms with Gasteiger partial charge in [-0.15, -0.1) is 0 Å². The molecular weight excluding hydrogens is 459 g/mol. The minimum Gasteiger partial charge on any atom is -0.464 e. The van der Waals surface area contributed by atoms with E-state index in [0.717, 1.165) is 12.8 Å². The average Bonchev–Trinajstić information content (AvgIpc) is 3.32. The predicted molar refractivity (Wildman–Crippen MR) is 99.4 cm³/mol. The molecule has 1 fully saturated rings. The summed E-state index contributed by atoms with van der Waals surface area (Å²) < 4.78 is 46.8. The Kier molecular flexibility index (Phi) is 6.01. The molecular formula is C17H19BrF3N5O3. The van der Waals surface area contributed by atoms with Crippen LogP contribution in [0.4, 0.5) is 18.9 Å². The lowest BCUT2D eigenvalue weighted by atomic mass is 10.2. The van der Waals surface area contributed by atoms with E-state index in [9.17, 15) is 22.8 Å². The quantitative estimate of drug-likeness (QED) is 0.615. The molecule has 1 aliphatic carbocycles. The fourth-order valence-corrected chi connectivity index (χ4v) is 3.73. The molecule has 1 N–H and O–H groups in total. The van der Waals surface area contributed by atoms with Crippen LogP contribution in [-0.4, -0.2) is 38.5 Å². The molecule has 2 aromatic heterocycles. The van der Waals surface area contributed by atoms with E-state index in [4.69, 9.17) is 0 Å². The minimum atomic E-state index is -4.58. The Hall–Kier alpha value is -2.37. The van der Waals surface area contributed by atoms with E-state index in [0.29, 0.717) is 12.2 Å². The molecule has 158 valence electrons. The first-order valence-corrected chi connectivity index (χ1v) is 9.74. The third-order valence-electron chi connectivity index (χ3n) is 4.45. The monoisotopic (exact) mass is 477 g/mol.